The summed E-state index contributed by atoms with van der Waals surface area (Å²) in [4.78, 5) is 22.3. The highest BCUT2D eigenvalue weighted by Gasteiger charge is 2.14. The fourth-order valence-electron chi connectivity index (χ4n) is 1.33. The van der Waals surface area contributed by atoms with E-state index in [1.54, 1.807) is 24.3 Å². The number of aliphatic carboxylic acids is 1. The Morgan fingerprint density at radius 1 is 1.31 bits per heavy atom. The van der Waals surface area contributed by atoms with E-state index in [4.69, 9.17) is 5.11 Å². The van der Waals surface area contributed by atoms with Crippen molar-refractivity contribution >= 4 is 17.4 Å². The maximum atomic E-state index is 11.8. The van der Waals surface area contributed by atoms with E-state index in [1.165, 1.54) is 0 Å². The molecule has 2 N–H and O–H groups in total. The van der Waals surface area contributed by atoms with Crippen molar-refractivity contribution < 1.29 is 14.7 Å². The molecule has 0 radical (unpaired) electrons. The number of ketones is 1. The van der Waals surface area contributed by atoms with Crippen LogP contribution in [-0.4, -0.2) is 23.4 Å². The van der Waals surface area contributed by atoms with Crippen LogP contribution in [0.1, 0.15) is 24.2 Å². The number of nitrogens with one attached hydrogen (secondary N) is 1. The molecule has 1 rings (SSSR count). The van der Waals surface area contributed by atoms with E-state index in [9.17, 15) is 9.59 Å². The highest BCUT2D eigenvalue weighted by atomic mass is 16.4. The lowest BCUT2D eigenvalue weighted by molar-refractivity contribution is -0.134. The van der Waals surface area contributed by atoms with Crippen LogP contribution in [-0.2, 0) is 4.79 Å². The highest BCUT2D eigenvalue weighted by molar-refractivity contribution is 6.02. The minimum atomic E-state index is -0.952. The van der Waals surface area contributed by atoms with Crippen LogP contribution < -0.4 is 5.32 Å². The Bertz CT molecular complexity index is 399. The van der Waals surface area contributed by atoms with E-state index < -0.39 is 5.97 Å². The molecule has 0 bridgehead atoms. The third-order valence-electron chi connectivity index (χ3n) is 2.15. The summed E-state index contributed by atoms with van der Waals surface area (Å²) in [6.07, 6.45) is 0. The van der Waals surface area contributed by atoms with E-state index in [2.05, 4.69) is 5.32 Å². The average Bonchev–Trinajstić information content (AvgIpc) is 2.25. The number of carboxylic acid groups (broad SMARTS) is 1. The van der Waals surface area contributed by atoms with Crippen molar-refractivity contribution in [3.05, 3.63) is 29.8 Å². The molecule has 0 saturated carbocycles. The largest absolute Gasteiger partial charge is 0.480 e. The molecule has 4 heteroatoms. The van der Waals surface area contributed by atoms with Gasteiger partial charge in [0.05, 0.1) is 0 Å². The first kappa shape index (κ1) is 12.2. The third kappa shape index (κ3) is 3.08. The topological polar surface area (TPSA) is 66.4 Å². The quantitative estimate of drug-likeness (QED) is 0.746. The maximum absolute atomic E-state index is 11.8. The van der Waals surface area contributed by atoms with Crippen LogP contribution >= 0.6 is 0 Å². The van der Waals surface area contributed by atoms with Gasteiger partial charge in [0.25, 0.3) is 0 Å². The molecule has 0 aliphatic carbocycles. The monoisotopic (exact) mass is 221 g/mol. The van der Waals surface area contributed by atoms with Gasteiger partial charge < -0.3 is 10.4 Å². The van der Waals surface area contributed by atoms with Gasteiger partial charge in [0.2, 0.25) is 0 Å². The minimum absolute atomic E-state index is 0.00786. The van der Waals surface area contributed by atoms with Crippen molar-refractivity contribution in [2.75, 3.05) is 11.9 Å². The first-order valence-electron chi connectivity index (χ1n) is 5.11. The predicted octanol–water partition coefficient (Wildman–Crippen LogP) is 2.02. The summed E-state index contributed by atoms with van der Waals surface area (Å²) < 4.78 is 0. The smallest absolute Gasteiger partial charge is 0.322 e. The van der Waals surface area contributed by atoms with Gasteiger partial charge in [-0.15, -0.1) is 0 Å². The van der Waals surface area contributed by atoms with Gasteiger partial charge in [-0.25, -0.2) is 0 Å². The molecule has 0 amide bonds. The molecule has 0 heterocycles. The molecule has 16 heavy (non-hydrogen) atoms. The van der Waals surface area contributed by atoms with E-state index >= 15 is 0 Å². The second-order valence-corrected chi connectivity index (χ2v) is 3.81. The zero-order chi connectivity index (χ0) is 12.1. The van der Waals surface area contributed by atoms with Crippen molar-refractivity contribution in [1.82, 2.24) is 0 Å². The standard InChI is InChI=1S/C12H15NO3/c1-8(2)12(16)9-5-3-4-6-10(9)13-7-11(14)15/h3-6,8,13H,7H2,1-2H3,(H,14,15). The molecule has 0 spiro atoms. The summed E-state index contributed by atoms with van der Waals surface area (Å²) in [5, 5.41) is 11.3. The number of benzene rings is 1. The first-order chi connectivity index (χ1) is 7.52. The lowest BCUT2D eigenvalue weighted by atomic mass is 9.99. The van der Waals surface area contributed by atoms with E-state index in [0.717, 1.165) is 0 Å². The van der Waals surface area contributed by atoms with Crippen molar-refractivity contribution in [3.8, 4) is 0 Å². The SMILES string of the molecule is CC(C)C(=O)c1ccccc1NCC(=O)O. The maximum Gasteiger partial charge on any atom is 0.322 e. The molecule has 4 nitrogen and oxygen atoms in total. The molecule has 0 aliphatic heterocycles. The lowest BCUT2D eigenvalue weighted by Crippen LogP contribution is -2.16. The number of para-hydroxylation sites is 1. The molecule has 0 atom stereocenters. The summed E-state index contributed by atoms with van der Waals surface area (Å²) >= 11 is 0. The van der Waals surface area contributed by atoms with Crippen LogP contribution in [0.25, 0.3) is 0 Å². The molecular weight excluding hydrogens is 206 g/mol. The summed E-state index contributed by atoms with van der Waals surface area (Å²) in [7, 11) is 0. The number of hydrogen-bond donors (Lipinski definition) is 2. The van der Waals surface area contributed by atoms with Crippen molar-refractivity contribution in [2.45, 2.75) is 13.8 Å². The van der Waals surface area contributed by atoms with Crippen LogP contribution in [0.15, 0.2) is 24.3 Å². The number of rotatable bonds is 5. The fraction of sp³-hybridized carbons (Fsp3) is 0.333. The number of hydrogen-bond acceptors (Lipinski definition) is 3. The third-order valence-corrected chi connectivity index (χ3v) is 2.15. The Hall–Kier alpha value is -1.84. The molecule has 0 aromatic heterocycles. The zero-order valence-corrected chi connectivity index (χ0v) is 9.36. The van der Waals surface area contributed by atoms with Crippen LogP contribution in [0, 0.1) is 5.92 Å². The zero-order valence-electron chi connectivity index (χ0n) is 9.36. The molecule has 1 aromatic rings. The predicted molar refractivity (Wildman–Crippen MR) is 61.7 cm³/mol. The van der Waals surface area contributed by atoms with Crippen LogP contribution in [0.5, 0.6) is 0 Å². The number of carboxylic acids is 1. The summed E-state index contributed by atoms with van der Waals surface area (Å²) in [6.45, 7) is 3.44. The van der Waals surface area contributed by atoms with Gasteiger partial charge in [0, 0.05) is 17.2 Å². The van der Waals surface area contributed by atoms with E-state index in [0.29, 0.717) is 11.3 Å². The molecule has 86 valence electrons. The Balaban J connectivity index is 2.91. The van der Waals surface area contributed by atoms with Gasteiger partial charge >= 0.3 is 5.97 Å². The minimum Gasteiger partial charge on any atom is -0.480 e. The van der Waals surface area contributed by atoms with Crippen LogP contribution in [0.2, 0.25) is 0 Å². The Labute approximate surface area is 94.3 Å². The van der Waals surface area contributed by atoms with Gasteiger partial charge in [-0.2, -0.15) is 0 Å². The Morgan fingerprint density at radius 3 is 2.50 bits per heavy atom. The van der Waals surface area contributed by atoms with Gasteiger partial charge in [-0.3, -0.25) is 9.59 Å². The molecular formula is C12H15NO3. The van der Waals surface area contributed by atoms with Gasteiger partial charge in [0.1, 0.15) is 6.54 Å². The van der Waals surface area contributed by atoms with E-state index in [1.807, 2.05) is 13.8 Å². The molecule has 0 unspecified atom stereocenters. The van der Waals surface area contributed by atoms with Crippen LogP contribution in [0.3, 0.4) is 0 Å². The summed E-state index contributed by atoms with van der Waals surface area (Å²) in [5.41, 5.74) is 1.11. The van der Waals surface area contributed by atoms with Gasteiger partial charge in [-0.05, 0) is 12.1 Å². The number of carbonyl (C=O) groups is 2. The van der Waals surface area contributed by atoms with Crippen molar-refractivity contribution in [2.24, 2.45) is 5.92 Å². The average molecular weight is 221 g/mol. The molecule has 0 saturated heterocycles. The van der Waals surface area contributed by atoms with Gasteiger partial charge in [-0.1, -0.05) is 26.0 Å². The lowest BCUT2D eigenvalue weighted by Gasteiger charge is -2.11. The van der Waals surface area contributed by atoms with E-state index in [-0.39, 0.29) is 18.2 Å². The highest BCUT2D eigenvalue weighted by Crippen LogP contribution is 2.18. The molecule has 0 fully saturated rings. The fourth-order valence-corrected chi connectivity index (χ4v) is 1.33. The number of anilines is 1. The summed E-state index contributed by atoms with van der Waals surface area (Å²) in [6, 6.07) is 6.94. The van der Waals surface area contributed by atoms with Crippen molar-refractivity contribution in [1.29, 1.82) is 0 Å². The first-order valence-corrected chi connectivity index (χ1v) is 5.11. The normalized spacial score (nSPS) is 10.2. The number of Topliss-reactive ketones (excluding diaryl/α,β-unsaturated/α-hetero) is 1. The second-order valence-electron chi connectivity index (χ2n) is 3.81. The van der Waals surface area contributed by atoms with Crippen molar-refractivity contribution in [3.63, 3.8) is 0 Å². The summed E-state index contributed by atoms with van der Waals surface area (Å²) in [5.74, 6) is -1.05. The number of carbonyl (C=O) groups excluding carboxylic acids is 1. The second kappa shape index (κ2) is 5.30. The van der Waals surface area contributed by atoms with Crippen LogP contribution in [0.4, 0.5) is 5.69 Å². The Morgan fingerprint density at radius 2 is 1.94 bits per heavy atom. The Kier molecular flexibility index (Phi) is 4.05. The van der Waals surface area contributed by atoms with Gasteiger partial charge in [0.15, 0.2) is 5.78 Å². The molecule has 0 aliphatic rings. The molecule has 1 aromatic carbocycles.